The maximum atomic E-state index is 11.1. The molecule has 0 aliphatic heterocycles. The first kappa shape index (κ1) is 18.5. The molecule has 15 heavy (non-hydrogen) atoms. The van der Waals surface area contributed by atoms with Crippen LogP contribution in [0.4, 0.5) is 0 Å². The molecule has 0 aliphatic rings. The standard InChI is InChI=1S/C10H23O3P.Na.H/c1-3-5-7-9-12-14(11)13-10-8-6-4-2;;/h14H,3-10H2,1-2H3;;. The van der Waals surface area contributed by atoms with E-state index < -0.39 is 8.25 Å². The first-order valence-electron chi connectivity index (χ1n) is 5.60. The van der Waals surface area contributed by atoms with Gasteiger partial charge in [0, 0.05) is 0 Å². The predicted octanol–water partition coefficient (Wildman–Crippen LogP) is 3.14. The second-order valence-electron chi connectivity index (χ2n) is 3.36. The van der Waals surface area contributed by atoms with E-state index in [1.54, 1.807) is 0 Å². The summed E-state index contributed by atoms with van der Waals surface area (Å²) in [7, 11) is -2.20. The van der Waals surface area contributed by atoms with Crippen LogP contribution in [0.3, 0.4) is 0 Å². The van der Waals surface area contributed by atoms with Crippen LogP contribution in [0.25, 0.3) is 0 Å². The van der Waals surface area contributed by atoms with Gasteiger partial charge >= 0.3 is 37.8 Å². The van der Waals surface area contributed by atoms with Crippen LogP contribution in [-0.2, 0) is 13.6 Å². The van der Waals surface area contributed by atoms with Gasteiger partial charge in [0.25, 0.3) is 0 Å². The summed E-state index contributed by atoms with van der Waals surface area (Å²) in [6.07, 6.45) is 6.52. The fourth-order valence-corrected chi connectivity index (χ4v) is 1.76. The summed E-state index contributed by atoms with van der Waals surface area (Å²) in [5.41, 5.74) is 0. The van der Waals surface area contributed by atoms with Gasteiger partial charge < -0.3 is 9.05 Å². The van der Waals surface area contributed by atoms with Gasteiger partial charge in [-0.1, -0.05) is 39.5 Å². The topological polar surface area (TPSA) is 35.5 Å². The Morgan fingerprint density at radius 2 is 1.27 bits per heavy atom. The van der Waals surface area contributed by atoms with Crippen molar-refractivity contribution in [2.75, 3.05) is 13.2 Å². The Labute approximate surface area is 117 Å². The van der Waals surface area contributed by atoms with Gasteiger partial charge in [-0.05, 0) is 12.8 Å². The third-order valence-corrected chi connectivity index (χ3v) is 2.82. The van der Waals surface area contributed by atoms with Crippen LogP contribution >= 0.6 is 8.25 Å². The molecule has 0 aromatic heterocycles. The number of hydrogen-bond acceptors (Lipinski definition) is 3. The van der Waals surface area contributed by atoms with E-state index in [4.69, 9.17) is 9.05 Å². The molecule has 0 saturated carbocycles. The van der Waals surface area contributed by atoms with Gasteiger partial charge in [-0.15, -0.1) is 0 Å². The van der Waals surface area contributed by atoms with Crippen LogP contribution in [0.15, 0.2) is 0 Å². The Balaban J connectivity index is 0. The minimum atomic E-state index is -2.20. The maximum absolute atomic E-state index is 11.1. The van der Waals surface area contributed by atoms with Crippen molar-refractivity contribution in [3.63, 3.8) is 0 Å². The number of unbranched alkanes of at least 4 members (excludes halogenated alkanes) is 4. The van der Waals surface area contributed by atoms with E-state index in [1.165, 1.54) is 0 Å². The Bertz CT molecular complexity index is 131. The first-order chi connectivity index (χ1) is 6.81. The van der Waals surface area contributed by atoms with Crippen LogP contribution < -0.4 is 0 Å². The van der Waals surface area contributed by atoms with Crippen molar-refractivity contribution in [1.82, 2.24) is 0 Å². The molecule has 0 aromatic rings. The Morgan fingerprint density at radius 1 is 0.867 bits per heavy atom. The quantitative estimate of drug-likeness (QED) is 0.337. The summed E-state index contributed by atoms with van der Waals surface area (Å²) < 4.78 is 21.2. The van der Waals surface area contributed by atoms with Gasteiger partial charge in [-0.2, -0.15) is 0 Å². The van der Waals surface area contributed by atoms with Crippen molar-refractivity contribution in [3.05, 3.63) is 0 Å². The molecule has 5 heteroatoms. The monoisotopic (exact) mass is 246 g/mol. The van der Waals surface area contributed by atoms with E-state index in [1.807, 2.05) is 0 Å². The van der Waals surface area contributed by atoms with Crippen molar-refractivity contribution in [2.24, 2.45) is 0 Å². The van der Waals surface area contributed by atoms with Crippen molar-refractivity contribution >= 4 is 37.8 Å². The van der Waals surface area contributed by atoms with Gasteiger partial charge in [-0.3, -0.25) is 4.57 Å². The van der Waals surface area contributed by atoms with E-state index in [2.05, 4.69) is 13.8 Å². The molecule has 0 atom stereocenters. The van der Waals surface area contributed by atoms with Gasteiger partial charge in [0.05, 0.1) is 13.2 Å². The predicted molar refractivity (Wildman–Crippen MR) is 67.1 cm³/mol. The van der Waals surface area contributed by atoms with Gasteiger partial charge in [0.1, 0.15) is 0 Å². The van der Waals surface area contributed by atoms with Gasteiger partial charge in [-0.25, -0.2) is 0 Å². The van der Waals surface area contributed by atoms with Crippen molar-refractivity contribution in [3.8, 4) is 0 Å². The first-order valence-corrected chi connectivity index (χ1v) is 6.83. The van der Waals surface area contributed by atoms with Gasteiger partial charge in [0.2, 0.25) is 0 Å². The molecule has 0 N–H and O–H groups in total. The molecule has 0 saturated heterocycles. The normalized spacial score (nSPS) is 10.3. The summed E-state index contributed by atoms with van der Waals surface area (Å²) >= 11 is 0. The van der Waals surface area contributed by atoms with Crippen molar-refractivity contribution in [1.29, 1.82) is 0 Å². The molecule has 0 aliphatic carbocycles. The van der Waals surface area contributed by atoms with E-state index in [-0.39, 0.29) is 29.6 Å². The molecule has 0 amide bonds. The van der Waals surface area contributed by atoms with E-state index >= 15 is 0 Å². The van der Waals surface area contributed by atoms with Crippen LogP contribution in [0.5, 0.6) is 0 Å². The zero-order chi connectivity index (χ0) is 10.6. The zero-order valence-corrected chi connectivity index (χ0v) is 10.4. The Kier molecular flexibility index (Phi) is 18.7. The fourth-order valence-electron chi connectivity index (χ4n) is 1.06. The van der Waals surface area contributed by atoms with E-state index in [0.717, 1.165) is 38.5 Å². The van der Waals surface area contributed by atoms with Crippen LogP contribution in [0, 0.1) is 0 Å². The molecule has 0 unspecified atom stereocenters. The Morgan fingerprint density at radius 3 is 1.60 bits per heavy atom. The van der Waals surface area contributed by atoms with E-state index in [9.17, 15) is 4.57 Å². The SMILES string of the molecule is CCCCCO[PH](=O)OCCCCC.[NaH]. The molecule has 0 bridgehead atoms. The average molecular weight is 246 g/mol. The third-order valence-electron chi connectivity index (χ3n) is 1.94. The van der Waals surface area contributed by atoms with Crippen LogP contribution in [0.2, 0.25) is 0 Å². The molecule has 0 fully saturated rings. The molecular formula is C10H24NaO3P. The summed E-state index contributed by atoms with van der Waals surface area (Å²) in [4.78, 5) is 0. The summed E-state index contributed by atoms with van der Waals surface area (Å²) in [5.74, 6) is 0. The summed E-state index contributed by atoms with van der Waals surface area (Å²) in [6.45, 7) is 5.40. The van der Waals surface area contributed by atoms with Gasteiger partial charge in [0.15, 0.2) is 0 Å². The molecule has 3 nitrogen and oxygen atoms in total. The van der Waals surface area contributed by atoms with Crippen LogP contribution in [0.1, 0.15) is 52.4 Å². The third kappa shape index (κ3) is 15.1. The number of rotatable bonds is 10. The second-order valence-corrected chi connectivity index (χ2v) is 4.44. The zero-order valence-electron chi connectivity index (χ0n) is 9.38. The molecule has 0 aromatic carbocycles. The minimum absolute atomic E-state index is 0. The van der Waals surface area contributed by atoms with Crippen molar-refractivity contribution < 1.29 is 13.6 Å². The molecule has 0 spiro atoms. The molecule has 0 heterocycles. The molecule has 0 radical (unpaired) electrons. The van der Waals surface area contributed by atoms with Crippen LogP contribution in [-0.4, -0.2) is 42.8 Å². The Hall–Kier alpha value is 1.15. The summed E-state index contributed by atoms with van der Waals surface area (Å²) in [6, 6.07) is 0. The van der Waals surface area contributed by atoms with E-state index in [0.29, 0.717) is 13.2 Å². The molecule has 0 rings (SSSR count). The molecule has 88 valence electrons. The fraction of sp³-hybridized carbons (Fsp3) is 1.00. The second kappa shape index (κ2) is 15.1. The average Bonchev–Trinajstić information content (AvgIpc) is 2.19. The summed E-state index contributed by atoms with van der Waals surface area (Å²) in [5, 5.41) is 0. The molecular weight excluding hydrogens is 222 g/mol. The number of hydrogen-bond donors (Lipinski definition) is 0. The van der Waals surface area contributed by atoms with Crippen molar-refractivity contribution in [2.45, 2.75) is 52.4 Å².